The second kappa shape index (κ2) is 13.1. The van der Waals surface area contributed by atoms with Crippen LogP contribution in [-0.4, -0.2) is 39.0 Å². The number of allylic oxidation sites excluding steroid dienone is 1. The van der Waals surface area contributed by atoms with Gasteiger partial charge in [0.1, 0.15) is 28.5 Å². The van der Waals surface area contributed by atoms with Crippen molar-refractivity contribution in [2.24, 2.45) is 12.0 Å². The molecule has 0 radical (unpaired) electrons. The molecule has 0 saturated heterocycles. The number of anilines is 2. The predicted molar refractivity (Wildman–Crippen MR) is 174 cm³/mol. The summed E-state index contributed by atoms with van der Waals surface area (Å²) >= 11 is 1.32. The molecule has 2 aliphatic rings. The molecule has 45 heavy (non-hydrogen) atoms. The summed E-state index contributed by atoms with van der Waals surface area (Å²) < 4.78 is 1.74. The molecule has 2 amide bonds. The smallest absolute Gasteiger partial charge is 0.324 e. The van der Waals surface area contributed by atoms with Crippen LogP contribution >= 0.6 is 11.3 Å². The number of hydrogen-bond acceptors (Lipinski definition) is 9. The highest BCUT2D eigenvalue weighted by molar-refractivity contribution is 7.16. The van der Waals surface area contributed by atoms with Crippen molar-refractivity contribution in [1.82, 2.24) is 25.4 Å². The monoisotopic (exact) mass is 616 g/mol. The lowest BCUT2D eigenvalue weighted by Gasteiger charge is -2.48. The molecule has 0 bridgehead atoms. The summed E-state index contributed by atoms with van der Waals surface area (Å²) in [5.41, 5.74) is 2.35. The van der Waals surface area contributed by atoms with Crippen molar-refractivity contribution in [3.63, 3.8) is 0 Å². The molecule has 6 rings (SSSR count). The molecule has 4 heterocycles. The first-order valence-corrected chi connectivity index (χ1v) is 15.6. The van der Waals surface area contributed by atoms with Crippen molar-refractivity contribution < 1.29 is 4.79 Å². The zero-order valence-corrected chi connectivity index (χ0v) is 25.6. The number of aryl methyl sites for hydroxylation is 1. The second-order valence-electron chi connectivity index (χ2n) is 11.0. The number of benzene rings is 1. The van der Waals surface area contributed by atoms with Gasteiger partial charge < -0.3 is 10.2 Å². The maximum atomic E-state index is 14.3. The predicted octanol–water partition coefficient (Wildman–Crippen LogP) is 5.66. The Hall–Kier alpha value is -5.30. The van der Waals surface area contributed by atoms with Crippen molar-refractivity contribution >= 4 is 34.4 Å². The molecule has 11 nitrogen and oxygen atoms in total. The van der Waals surface area contributed by atoms with Crippen molar-refractivity contribution in [3.05, 3.63) is 95.4 Å². The van der Waals surface area contributed by atoms with E-state index in [0.717, 1.165) is 41.0 Å². The van der Waals surface area contributed by atoms with E-state index in [-0.39, 0.29) is 6.03 Å². The molecule has 4 aromatic rings. The largest absolute Gasteiger partial charge is 0.334 e. The Morgan fingerprint density at radius 1 is 1.04 bits per heavy atom. The van der Waals surface area contributed by atoms with Crippen molar-refractivity contribution in [1.29, 1.82) is 10.5 Å². The number of pyridine rings is 1. The fraction of sp³-hybridized carbons (Fsp3) is 0.273. The van der Waals surface area contributed by atoms with Crippen LogP contribution < -0.4 is 20.4 Å². The molecule has 1 fully saturated rings. The molecule has 3 aromatic heterocycles. The number of nitriles is 2. The average molecular weight is 617 g/mol. The number of carbonyl (C=O) groups excluding carboxylic acids is 1. The number of carbonyl (C=O) groups is 1. The van der Waals surface area contributed by atoms with E-state index in [0.29, 0.717) is 35.7 Å². The third-order valence-corrected chi connectivity index (χ3v) is 9.00. The van der Waals surface area contributed by atoms with Gasteiger partial charge in [-0.15, -0.1) is 11.3 Å². The van der Waals surface area contributed by atoms with E-state index in [4.69, 9.17) is 9.98 Å². The lowest BCUT2D eigenvalue weighted by Crippen LogP contribution is -2.68. The molecule has 1 aromatic carbocycles. The first kappa shape index (κ1) is 29.8. The minimum absolute atomic E-state index is 0.280. The SMILES string of the molecule is Cn1cc(-c2ccc(N(C(=O)NCc3ccccc3)C3(NC4N=CC(C#N)=CN4c4ccc(C#N)s4)CCCCC3)nc2)cn1. The number of aliphatic imine (C=N–C) groups is 1. The number of rotatable bonds is 8. The summed E-state index contributed by atoms with van der Waals surface area (Å²) in [5, 5.41) is 31.0. The molecular formula is C33H32N10OS. The summed E-state index contributed by atoms with van der Waals surface area (Å²) in [7, 11) is 1.87. The Kier molecular flexibility index (Phi) is 8.69. The van der Waals surface area contributed by atoms with Crippen LogP contribution in [0.4, 0.5) is 15.6 Å². The average Bonchev–Trinajstić information content (AvgIpc) is 3.75. The second-order valence-corrected chi connectivity index (χ2v) is 12.1. The van der Waals surface area contributed by atoms with Crippen LogP contribution in [0.15, 0.2) is 90.0 Å². The number of thiophene rings is 1. The Morgan fingerprint density at radius 3 is 2.53 bits per heavy atom. The first-order chi connectivity index (χ1) is 22.0. The van der Waals surface area contributed by atoms with E-state index in [1.165, 1.54) is 11.3 Å². The fourth-order valence-electron chi connectivity index (χ4n) is 5.79. The Bertz CT molecular complexity index is 1790. The van der Waals surface area contributed by atoms with Gasteiger partial charge in [-0.1, -0.05) is 36.8 Å². The van der Waals surface area contributed by atoms with Gasteiger partial charge in [-0.25, -0.2) is 9.78 Å². The molecule has 1 atom stereocenters. The molecule has 1 aliphatic carbocycles. The molecule has 1 unspecified atom stereocenters. The molecule has 1 aliphatic heterocycles. The van der Waals surface area contributed by atoms with Gasteiger partial charge in [-0.05, 0) is 55.5 Å². The van der Waals surface area contributed by atoms with Gasteiger partial charge in [0, 0.05) is 49.5 Å². The van der Waals surface area contributed by atoms with Crippen molar-refractivity contribution in [2.45, 2.75) is 50.6 Å². The van der Waals surface area contributed by atoms with Crippen LogP contribution in [0.5, 0.6) is 0 Å². The maximum absolute atomic E-state index is 14.3. The number of aromatic nitrogens is 3. The summed E-state index contributed by atoms with van der Waals surface area (Å²) in [5.74, 6) is 0.505. The van der Waals surface area contributed by atoms with Gasteiger partial charge in [0.05, 0.1) is 16.8 Å². The zero-order chi connectivity index (χ0) is 31.2. The lowest BCUT2D eigenvalue weighted by molar-refractivity contribution is 0.188. The Balaban J connectivity index is 1.38. The fourth-order valence-corrected chi connectivity index (χ4v) is 6.59. The summed E-state index contributed by atoms with van der Waals surface area (Å²) in [6, 6.07) is 21.3. The molecular weight excluding hydrogens is 584 g/mol. The number of nitrogens with one attached hydrogen (secondary N) is 2. The van der Waals surface area contributed by atoms with Gasteiger partial charge in [0.15, 0.2) is 6.29 Å². The highest BCUT2D eigenvalue weighted by atomic mass is 32.1. The van der Waals surface area contributed by atoms with Crippen LogP contribution in [0.1, 0.15) is 42.5 Å². The van der Waals surface area contributed by atoms with E-state index in [2.05, 4.69) is 27.9 Å². The van der Waals surface area contributed by atoms with E-state index in [9.17, 15) is 15.3 Å². The van der Waals surface area contributed by atoms with Crippen molar-refractivity contribution in [3.8, 4) is 23.3 Å². The standard InChI is InChI=1S/C33H32N10OS/c1-41-23-27(21-39-41)26-10-12-29(36-20-26)43(32(44)38-18-24-8-4-2-5-9-24)33(14-6-3-7-15-33)40-31-37-19-25(16-34)22-42(31)30-13-11-28(17-35)45-30/h2,4-5,8-13,19-23,31,40H,3,6-7,14-15,18H2,1H3,(H,38,44). The van der Waals surface area contributed by atoms with Crippen LogP contribution in [0.25, 0.3) is 11.1 Å². The highest BCUT2D eigenvalue weighted by Crippen LogP contribution is 2.37. The molecule has 1 saturated carbocycles. The van der Waals surface area contributed by atoms with E-state index in [1.807, 2.05) is 66.7 Å². The van der Waals surface area contributed by atoms with Crippen LogP contribution in [0.3, 0.4) is 0 Å². The Morgan fingerprint density at radius 2 is 1.87 bits per heavy atom. The topological polar surface area (TPSA) is 138 Å². The van der Waals surface area contributed by atoms with Crippen LogP contribution in [-0.2, 0) is 13.6 Å². The van der Waals surface area contributed by atoms with E-state index >= 15 is 0 Å². The van der Waals surface area contributed by atoms with Crippen LogP contribution in [0.2, 0.25) is 0 Å². The lowest BCUT2D eigenvalue weighted by atomic mass is 9.87. The van der Waals surface area contributed by atoms with E-state index in [1.54, 1.807) is 40.5 Å². The molecule has 226 valence electrons. The maximum Gasteiger partial charge on any atom is 0.324 e. The summed E-state index contributed by atoms with van der Waals surface area (Å²) in [6.07, 6.45) is 12.3. The van der Waals surface area contributed by atoms with Crippen LogP contribution in [0, 0.1) is 22.7 Å². The third-order valence-electron chi connectivity index (χ3n) is 7.99. The quantitative estimate of drug-likeness (QED) is 0.244. The minimum Gasteiger partial charge on any atom is -0.334 e. The molecule has 0 spiro atoms. The number of amides is 2. The number of nitrogens with zero attached hydrogens (tertiary/aromatic N) is 8. The number of hydrogen-bond donors (Lipinski definition) is 2. The van der Waals surface area contributed by atoms with Crippen molar-refractivity contribution in [2.75, 3.05) is 9.80 Å². The third kappa shape index (κ3) is 6.48. The zero-order valence-electron chi connectivity index (χ0n) is 24.8. The van der Waals surface area contributed by atoms with Gasteiger partial charge in [0.2, 0.25) is 0 Å². The minimum atomic E-state index is -0.852. The first-order valence-electron chi connectivity index (χ1n) is 14.8. The van der Waals surface area contributed by atoms with Gasteiger partial charge in [0.25, 0.3) is 0 Å². The summed E-state index contributed by atoms with van der Waals surface area (Å²) in [6.45, 7) is 0.355. The van der Waals surface area contributed by atoms with E-state index < -0.39 is 12.0 Å². The number of urea groups is 1. The van der Waals surface area contributed by atoms with Gasteiger partial charge >= 0.3 is 6.03 Å². The summed E-state index contributed by atoms with van der Waals surface area (Å²) in [4.78, 5) is 28.0. The highest BCUT2D eigenvalue weighted by Gasteiger charge is 2.45. The van der Waals surface area contributed by atoms with Gasteiger partial charge in [-0.3, -0.25) is 19.9 Å². The van der Waals surface area contributed by atoms with Gasteiger partial charge in [-0.2, -0.15) is 15.6 Å². The normalized spacial score (nSPS) is 17.2. The Labute approximate surface area is 265 Å². The molecule has 2 N–H and O–H groups in total. The molecule has 12 heteroatoms.